The Balaban J connectivity index is 1.57. The summed E-state index contributed by atoms with van der Waals surface area (Å²) in [5.74, 6) is -1.47. The van der Waals surface area contributed by atoms with Crippen LogP contribution < -0.4 is 11.1 Å². The molecule has 9 nitrogen and oxygen atoms in total. The van der Waals surface area contributed by atoms with Crippen molar-refractivity contribution in [2.75, 3.05) is 5.32 Å². The van der Waals surface area contributed by atoms with E-state index < -0.39 is 23.7 Å². The number of carbonyl (C=O) groups is 2. The van der Waals surface area contributed by atoms with Crippen molar-refractivity contribution in [2.45, 2.75) is 20.0 Å². The Hall–Kier alpha value is -5.04. The van der Waals surface area contributed by atoms with Crippen LogP contribution in [0.25, 0.3) is 43.7 Å². The lowest BCUT2D eigenvalue weighted by atomic mass is 10.0. The van der Waals surface area contributed by atoms with E-state index in [0.717, 1.165) is 23.0 Å². The second-order valence-corrected chi connectivity index (χ2v) is 10.6. The number of alkyl halides is 3. The van der Waals surface area contributed by atoms with Crippen LogP contribution in [0.1, 0.15) is 37.1 Å². The quantitative estimate of drug-likeness (QED) is 0.236. The molecule has 0 unspecified atom stereocenters. The Labute approximate surface area is 239 Å². The minimum atomic E-state index is -4.77. The number of aryl methyl sites for hydroxylation is 2. The Bertz CT molecular complexity index is 2040. The number of hydrogen-bond donors (Lipinski definition) is 2. The van der Waals surface area contributed by atoms with Crippen LogP contribution in [0.5, 0.6) is 0 Å². The van der Waals surface area contributed by atoms with Gasteiger partial charge in [0.05, 0.1) is 34.4 Å². The van der Waals surface area contributed by atoms with E-state index in [1.165, 1.54) is 18.4 Å². The third-order valence-corrected chi connectivity index (χ3v) is 8.03. The molecular formula is C29H21F3N6O3S. The Morgan fingerprint density at radius 2 is 1.83 bits per heavy atom. The fourth-order valence-corrected chi connectivity index (χ4v) is 5.99. The third-order valence-electron chi connectivity index (χ3n) is 6.93. The van der Waals surface area contributed by atoms with Crippen LogP contribution >= 0.6 is 11.3 Å². The van der Waals surface area contributed by atoms with Gasteiger partial charge in [0, 0.05) is 34.6 Å². The van der Waals surface area contributed by atoms with E-state index >= 15 is 0 Å². The predicted molar refractivity (Wildman–Crippen MR) is 152 cm³/mol. The number of anilines is 1. The van der Waals surface area contributed by atoms with E-state index in [1.54, 1.807) is 35.0 Å². The highest BCUT2D eigenvalue weighted by molar-refractivity contribution is 7.21. The van der Waals surface area contributed by atoms with Gasteiger partial charge in [0.25, 0.3) is 11.8 Å². The van der Waals surface area contributed by atoms with Gasteiger partial charge in [-0.3, -0.25) is 14.3 Å². The molecule has 0 atom stereocenters. The van der Waals surface area contributed by atoms with Gasteiger partial charge >= 0.3 is 6.18 Å². The highest BCUT2D eigenvalue weighted by Crippen LogP contribution is 2.44. The first kappa shape index (κ1) is 27.1. The van der Waals surface area contributed by atoms with Crippen molar-refractivity contribution in [1.29, 1.82) is 0 Å². The second kappa shape index (κ2) is 9.80. The molecule has 212 valence electrons. The summed E-state index contributed by atoms with van der Waals surface area (Å²) in [6.07, 6.45) is -3.47. The molecule has 0 aliphatic carbocycles. The molecule has 13 heteroatoms. The highest BCUT2D eigenvalue weighted by Gasteiger charge is 2.35. The SMILES string of the molecule is Cc1nn(C)c(C)c1-c1cc(C(=O)Nc2c(C(N)=O)sc3nc(C(F)(F)F)cc(-c4ccco4)c23)c2ccccc2n1. The number of nitrogens with zero attached hydrogens (tertiary/aromatic N) is 4. The van der Waals surface area contributed by atoms with E-state index in [-0.39, 0.29) is 37.7 Å². The molecule has 0 saturated heterocycles. The van der Waals surface area contributed by atoms with Gasteiger partial charge in [-0.2, -0.15) is 18.3 Å². The monoisotopic (exact) mass is 590 g/mol. The number of nitrogens with two attached hydrogens (primary N) is 1. The summed E-state index contributed by atoms with van der Waals surface area (Å²) in [6, 6.07) is 12.5. The van der Waals surface area contributed by atoms with Crippen molar-refractivity contribution in [2.24, 2.45) is 12.8 Å². The summed E-state index contributed by atoms with van der Waals surface area (Å²) < 4.78 is 48.4. The number of halogens is 3. The van der Waals surface area contributed by atoms with E-state index in [2.05, 4.69) is 15.4 Å². The van der Waals surface area contributed by atoms with Gasteiger partial charge in [0.15, 0.2) is 0 Å². The van der Waals surface area contributed by atoms with Crippen molar-refractivity contribution in [3.63, 3.8) is 0 Å². The number of amides is 2. The van der Waals surface area contributed by atoms with Crippen molar-refractivity contribution in [3.05, 3.63) is 82.3 Å². The van der Waals surface area contributed by atoms with Gasteiger partial charge in [-0.1, -0.05) is 18.2 Å². The summed E-state index contributed by atoms with van der Waals surface area (Å²) in [6.45, 7) is 3.73. The summed E-state index contributed by atoms with van der Waals surface area (Å²) in [5, 5.41) is 7.84. The first-order valence-electron chi connectivity index (χ1n) is 12.5. The zero-order chi connectivity index (χ0) is 29.9. The fraction of sp³-hybridized carbons (Fsp3) is 0.138. The van der Waals surface area contributed by atoms with Gasteiger partial charge in [0.1, 0.15) is 21.2 Å². The standard InChI is InChI=1S/C29H21F3N6O3S/c1-13-22(14(2)38(3)37-13)19-11-16(15-7-4-5-8-18(15)34-19)27(40)36-24-23-17(20-9-6-10-41-20)12-21(29(30,31)32)35-28(23)42-25(24)26(33)39/h4-12H,1-3H3,(H2,33,39)(H,36,40). The van der Waals surface area contributed by atoms with Crippen LogP contribution in [0.2, 0.25) is 0 Å². The van der Waals surface area contributed by atoms with Crippen molar-refractivity contribution < 1.29 is 27.2 Å². The first-order valence-corrected chi connectivity index (χ1v) is 13.4. The smallest absolute Gasteiger partial charge is 0.433 e. The molecule has 6 aromatic rings. The van der Waals surface area contributed by atoms with Crippen LogP contribution in [-0.4, -0.2) is 31.6 Å². The summed E-state index contributed by atoms with van der Waals surface area (Å²) >= 11 is 0.656. The maximum absolute atomic E-state index is 14.0. The molecule has 5 heterocycles. The van der Waals surface area contributed by atoms with E-state index in [0.29, 0.717) is 27.9 Å². The normalized spacial score (nSPS) is 11.9. The van der Waals surface area contributed by atoms with E-state index in [9.17, 15) is 22.8 Å². The van der Waals surface area contributed by atoms with Crippen LogP contribution in [0, 0.1) is 13.8 Å². The lowest BCUT2D eigenvalue weighted by Crippen LogP contribution is -2.17. The molecule has 0 fully saturated rings. The van der Waals surface area contributed by atoms with Crippen LogP contribution in [0.3, 0.4) is 0 Å². The van der Waals surface area contributed by atoms with Gasteiger partial charge in [-0.05, 0) is 44.2 Å². The molecule has 5 aromatic heterocycles. The maximum atomic E-state index is 14.0. The molecule has 6 rings (SSSR count). The maximum Gasteiger partial charge on any atom is 0.433 e. The van der Waals surface area contributed by atoms with Crippen LogP contribution in [-0.2, 0) is 13.2 Å². The molecule has 0 spiro atoms. The number of aromatic nitrogens is 4. The largest absolute Gasteiger partial charge is 0.464 e. The van der Waals surface area contributed by atoms with Crippen LogP contribution in [0.15, 0.2) is 59.2 Å². The molecule has 0 aliphatic heterocycles. The minimum absolute atomic E-state index is 0.00161. The number of furan rings is 1. The number of para-hydroxylation sites is 1. The molecule has 0 radical (unpaired) electrons. The molecular weight excluding hydrogens is 569 g/mol. The summed E-state index contributed by atoms with van der Waals surface area (Å²) in [7, 11) is 1.81. The number of primary amides is 1. The van der Waals surface area contributed by atoms with E-state index in [1.807, 2.05) is 20.9 Å². The first-order chi connectivity index (χ1) is 19.9. The summed E-state index contributed by atoms with van der Waals surface area (Å²) in [4.78, 5) is 34.7. The highest BCUT2D eigenvalue weighted by atomic mass is 32.1. The number of thiophene rings is 1. The molecule has 0 saturated carbocycles. The molecule has 0 aliphatic rings. The number of fused-ring (bicyclic) bond motifs is 2. The Kier molecular flexibility index (Phi) is 6.34. The van der Waals surface area contributed by atoms with Crippen molar-refractivity contribution in [3.8, 4) is 22.6 Å². The van der Waals surface area contributed by atoms with Gasteiger partial charge in [-0.25, -0.2) is 9.97 Å². The summed E-state index contributed by atoms with van der Waals surface area (Å²) in [5.41, 5.74) is 8.02. The zero-order valence-corrected chi connectivity index (χ0v) is 23.1. The number of benzene rings is 1. The fourth-order valence-electron chi connectivity index (χ4n) is 4.98. The average Bonchev–Trinajstić information content (AvgIpc) is 3.66. The van der Waals surface area contributed by atoms with Crippen molar-refractivity contribution >= 4 is 50.0 Å². The predicted octanol–water partition coefficient (Wildman–Crippen LogP) is 6.49. The molecule has 0 bridgehead atoms. The van der Waals surface area contributed by atoms with E-state index in [4.69, 9.17) is 15.1 Å². The average molecular weight is 591 g/mol. The molecule has 3 N–H and O–H groups in total. The number of nitrogens with one attached hydrogen (secondary N) is 1. The Morgan fingerprint density at radius 3 is 2.48 bits per heavy atom. The van der Waals surface area contributed by atoms with Crippen LogP contribution in [0.4, 0.5) is 18.9 Å². The van der Waals surface area contributed by atoms with Crippen molar-refractivity contribution in [1.82, 2.24) is 19.7 Å². The topological polar surface area (TPSA) is 129 Å². The third kappa shape index (κ3) is 4.47. The number of rotatable bonds is 5. The number of hydrogen-bond acceptors (Lipinski definition) is 7. The lowest BCUT2D eigenvalue weighted by Gasteiger charge is -2.13. The van der Waals surface area contributed by atoms with Gasteiger partial charge in [-0.15, -0.1) is 11.3 Å². The minimum Gasteiger partial charge on any atom is -0.464 e. The number of carbonyl (C=O) groups excluding carboxylic acids is 2. The lowest BCUT2D eigenvalue weighted by molar-refractivity contribution is -0.140. The number of pyridine rings is 2. The Morgan fingerprint density at radius 1 is 1.07 bits per heavy atom. The molecule has 1 aromatic carbocycles. The van der Waals surface area contributed by atoms with Gasteiger partial charge in [0.2, 0.25) is 0 Å². The molecule has 42 heavy (non-hydrogen) atoms. The molecule has 2 amide bonds. The van der Waals surface area contributed by atoms with Gasteiger partial charge < -0.3 is 15.5 Å². The second-order valence-electron chi connectivity index (χ2n) is 9.58. The zero-order valence-electron chi connectivity index (χ0n) is 22.3.